The van der Waals surface area contributed by atoms with Gasteiger partial charge in [0.05, 0.1) is 31.0 Å². The van der Waals surface area contributed by atoms with Crippen molar-refractivity contribution < 1.29 is 22.6 Å². The fourth-order valence-electron chi connectivity index (χ4n) is 4.50. The number of ether oxygens (including phenoxy) is 2. The van der Waals surface area contributed by atoms with Crippen LogP contribution in [0.5, 0.6) is 0 Å². The molecule has 226 valence electrons. The van der Waals surface area contributed by atoms with Gasteiger partial charge in [0.25, 0.3) is 0 Å². The largest absolute Gasteiger partial charge is 0.417 e. The van der Waals surface area contributed by atoms with Crippen LogP contribution in [0.25, 0.3) is 0 Å². The fourth-order valence-corrected chi connectivity index (χ4v) is 4.74. The van der Waals surface area contributed by atoms with E-state index in [-0.39, 0.29) is 12.2 Å². The normalized spacial score (nSPS) is 18.7. The molecule has 2 aliphatic rings. The first-order chi connectivity index (χ1) is 20.8. The third-order valence-electron chi connectivity index (χ3n) is 6.78. The first-order valence-corrected chi connectivity index (χ1v) is 14.7. The molecule has 2 fully saturated rings. The molecule has 2 atom stereocenters. The Morgan fingerprint density at radius 3 is 1.53 bits per heavy atom. The van der Waals surface area contributed by atoms with Crippen LogP contribution in [-0.4, -0.2) is 49.4 Å². The number of nitrogens with zero attached hydrogens (tertiary/aromatic N) is 2. The maximum absolute atomic E-state index is 12.5. The van der Waals surface area contributed by atoms with Gasteiger partial charge < -0.3 is 30.7 Å². The minimum Gasteiger partial charge on any atom is -0.371 e. The monoisotopic (exact) mass is 656 g/mol. The molecule has 8 nitrogen and oxygen atoms in total. The first-order valence-electron chi connectivity index (χ1n) is 13.9. The maximum atomic E-state index is 12.5. The number of halogens is 4. The van der Waals surface area contributed by atoms with Gasteiger partial charge in [-0.1, -0.05) is 24.3 Å². The number of aromatic nitrogens is 2. The van der Waals surface area contributed by atoms with Gasteiger partial charge in [-0.2, -0.15) is 13.2 Å². The lowest BCUT2D eigenvalue weighted by atomic mass is 10.1. The quantitative estimate of drug-likeness (QED) is 0.181. The van der Waals surface area contributed by atoms with Crippen LogP contribution >= 0.6 is 15.9 Å². The number of anilines is 4. The van der Waals surface area contributed by atoms with Crippen LogP contribution in [-0.2, 0) is 15.7 Å². The van der Waals surface area contributed by atoms with Crippen molar-refractivity contribution in [1.29, 1.82) is 0 Å². The van der Waals surface area contributed by atoms with Crippen molar-refractivity contribution in [3.63, 3.8) is 0 Å². The lowest BCUT2D eigenvalue weighted by Gasteiger charge is -2.24. The Morgan fingerprint density at radius 2 is 1.16 bits per heavy atom. The Labute approximate surface area is 256 Å². The molecule has 6 rings (SSSR count). The van der Waals surface area contributed by atoms with Crippen molar-refractivity contribution in [3.05, 3.63) is 106 Å². The van der Waals surface area contributed by atoms with Gasteiger partial charge in [0, 0.05) is 54.4 Å². The van der Waals surface area contributed by atoms with Crippen molar-refractivity contribution in [2.24, 2.45) is 0 Å². The molecule has 2 aromatic carbocycles. The molecule has 43 heavy (non-hydrogen) atoms. The Morgan fingerprint density at radius 1 is 0.674 bits per heavy atom. The van der Waals surface area contributed by atoms with Gasteiger partial charge in [0.15, 0.2) is 0 Å². The van der Waals surface area contributed by atoms with Gasteiger partial charge in [-0.25, -0.2) is 9.97 Å². The topological polar surface area (TPSA) is 92.4 Å². The minimum atomic E-state index is -4.37. The molecule has 0 aliphatic carbocycles. The molecule has 4 N–H and O–H groups in total. The predicted molar refractivity (Wildman–Crippen MR) is 164 cm³/mol. The van der Waals surface area contributed by atoms with Crippen molar-refractivity contribution in [1.82, 2.24) is 20.6 Å². The van der Waals surface area contributed by atoms with Gasteiger partial charge in [-0.3, -0.25) is 0 Å². The molecule has 0 saturated carbocycles. The van der Waals surface area contributed by atoms with E-state index in [1.165, 1.54) is 11.6 Å². The van der Waals surface area contributed by atoms with E-state index in [2.05, 4.69) is 71.4 Å². The van der Waals surface area contributed by atoms with Gasteiger partial charge >= 0.3 is 6.18 Å². The van der Waals surface area contributed by atoms with Crippen LogP contribution in [0.15, 0.2) is 89.7 Å². The van der Waals surface area contributed by atoms with Crippen LogP contribution < -0.4 is 21.3 Å². The summed E-state index contributed by atoms with van der Waals surface area (Å²) in [7, 11) is 0. The Hall–Kier alpha value is -3.55. The summed E-state index contributed by atoms with van der Waals surface area (Å²) >= 11 is 3.37. The molecular weight excluding hydrogens is 625 g/mol. The van der Waals surface area contributed by atoms with Gasteiger partial charge in [0.2, 0.25) is 0 Å². The van der Waals surface area contributed by atoms with Crippen LogP contribution in [0.4, 0.5) is 36.2 Å². The number of nitrogens with one attached hydrogen (secondary N) is 4. The Bertz CT molecular complexity index is 1410. The van der Waals surface area contributed by atoms with E-state index in [1.54, 1.807) is 6.20 Å². The van der Waals surface area contributed by atoms with E-state index in [9.17, 15) is 13.2 Å². The summed E-state index contributed by atoms with van der Waals surface area (Å²) in [6, 6.07) is 22.1. The number of rotatable bonds is 6. The van der Waals surface area contributed by atoms with Crippen LogP contribution in [0.2, 0.25) is 0 Å². The number of morpholine rings is 2. The third kappa shape index (κ3) is 9.22. The highest BCUT2D eigenvalue weighted by Crippen LogP contribution is 2.29. The van der Waals surface area contributed by atoms with Crippen LogP contribution in [0.3, 0.4) is 0 Å². The zero-order chi connectivity index (χ0) is 30.1. The zero-order valence-corrected chi connectivity index (χ0v) is 24.8. The molecule has 4 heterocycles. The summed E-state index contributed by atoms with van der Waals surface area (Å²) in [6.45, 7) is 4.89. The summed E-state index contributed by atoms with van der Waals surface area (Å²) in [5, 5.41) is 12.9. The lowest BCUT2D eigenvalue weighted by molar-refractivity contribution is -0.137. The minimum absolute atomic E-state index is 0.0296. The molecule has 0 spiro atoms. The molecule has 12 heteroatoms. The highest BCUT2D eigenvalue weighted by atomic mass is 79.9. The van der Waals surface area contributed by atoms with E-state index in [1.807, 2.05) is 36.4 Å². The number of alkyl halides is 3. The number of pyridine rings is 2. The molecule has 0 radical (unpaired) electrons. The van der Waals surface area contributed by atoms with Gasteiger partial charge in [0.1, 0.15) is 11.6 Å². The number of hydrogen-bond acceptors (Lipinski definition) is 8. The SMILES string of the molecule is Brc1ccc(Nc2ccc([C@H]3CNCCO3)cc2)nc1.FC(F)(F)c1ccc(Nc2ccc([C@H]3CNCCO3)cc2)nc1. The average molecular weight is 658 g/mol. The molecule has 0 amide bonds. The second-order valence-electron chi connectivity index (χ2n) is 9.91. The highest BCUT2D eigenvalue weighted by Gasteiger charge is 2.30. The second-order valence-corrected chi connectivity index (χ2v) is 10.8. The first kappa shape index (κ1) is 30.9. The summed E-state index contributed by atoms with van der Waals surface area (Å²) in [5.41, 5.74) is 3.27. The molecule has 0 unspecified atom stereocenters. The maximum Gasteiger partial charge on any atom is 0.417 e. The average Bonchev–Trinajstić information content (AvgIpc) is 3.04. The molecule has 2 aliphatic heterocycles. The van der Waals surface area contributed by atoms with Crippen molar-refractivity contribution in [3.8, 4) is 0 Å². The van der Waals surface area contributed by atoms with E-state index in [0.29, 0.717) is 12.4 Å². The van der Waals surface area contributed by atoms with E-state index < -0.39 is 11.7 Å². The third-order valence-corrected chi connectivity index (χ3v) is 7.25. The van der Waals surface area contributed by atoms with E-state index in [4.69, 9.17) is 9.47 Å². The molecule has 0 bridgehead atoms. The van der Waals surface area contributed by atoms with Crippen molar-refractivity contribution in [2.75, 3.05) is 50.0 Å². The summed E-state index contributed by atoms with van der Waals surface area (Å²) in [6.07, 6.45) is -1.59. The Kier molecular flexibility index (Phi) is 10.6. The highest BCUT2D eigenvalue weighted by molar-refractivity contribution is 9.10. The van der Waals surface area contributed by atoms with E-state index in [0.717, 1.165) is 72.3 Å². The fraction of sp³-hybridized carbons (Fsp3) is 0.290. The summed E-state index contributed by atoms with van der Waals surface area (Å²) < 4.78 is 49.8. The lowest BCUT2D eigenvalue weighted by Crippen LogP contribution is -2.33. The molecule has 2 aromatic heterocycles. The smallest absolute Gasteiger partial charge is 0.371 e. The van der Waals surface area contributed by atoms with Crippen molar-refractivity contribution in [2.45, 2.75) is 18.4 Å². The summed E-state index contributed by atoms with van der Waals surface area (Å²) in [5.74, 6) is 1.19. The van der Waals surface area contributed by atoms with Gasteiger partial charge in [-0.15, -0.1) is 0 Å². The summed E-state index contributed by atoms with van der Waals surface area (Å²) in [4.78, 5) is 8.08. The number of hydrogen-bond donors (Lipinski definition) is 4. The standard InChI is InChI=1S/C16H16F3N3O.C15H16BrN3O/c17-16(18,19)12-3-6-15(21-9-12)22-13-4-1-11(2-5-13)14-10-20-7-8-23-14;16-12-3-6-15(18-9-12)19-13-4-1-11(2-5-13)14-10-17-7-8-20-14/h1-6,9,14,20H,7-8,10H2,(H,21,22);1-6,9,14,17H,7-8,10H2,(H,18,19)/t2*14-/m11/s1. The van der Waals surface area contributed by atoms with Gasteiger partial charge in [-0.05, 0) is 75.6 Å². The van der Waals surface area contributed by atoms with E-state index >= 15 is 0 Å². The molecule has 2 saturated heterocycles. The van der Waals surface area contributed by atoms with Crippen LogP contribution in [0, 0.1) is 0 Å². The molecule has 4 aromatic rings. The zero-order valence-electron chi connectivity index (χ0n) is 23.2. The molecular formula is C31H32BrF3N6O2. The van der Waals surface area contributed by atoms with Crippen LogP contribution in [0.1, 0.15) is 28.9 Å². The predicted octanol–water partition coefficient (Wildman–Crippen LogP) is 6.75. The number of benzene rings is 2. The Balaban J connectivity index is 0.000000173. The second kappa shape index (κ2) is 14.8. The van der Waals surface area contributed by atoms with Crippen molar-refractivity contribution >= 4 is 38.9 Å².